The lowest BCUT2D eigenvalue weighted by molar-refractivity contribution is -0.126. The molecule has 0 bridgehead atoms. The Morgan fingerprint density at radius 2 is 1.86 bits per heavy atom. The first-order valence-corrected chi connectivity index (χ1v) is 10.5. The molecule has 1 heterocycles. The predicted molar refractivity (Wildman–Crippen MR) is 116 cm³/mol. The lowest BCUT2D eigenvalue weighted by Crippen LogP contribution is -2.41. The van der Waals surface area contributed by atoms with Crippen molar-refractivity contribution in [1.29, 1.82) is 0 Å². The Balaban J connectivity index is 1.37. The van der Waals surface area contributed by atoms with Gasteiger partial charge in [0.1, 0.15) is 6.61 Å². The van der Waals surface area contributed by atoms with Crippen LogP contribution in [-0.2, 0) is 11.3 Å². The molecule has 1 fully saturated rings. The van der Waals surface area contributed by atoms with Gasteiger partial charge in [0.05, 0.1) is 13.7 Å². The molecular formula is C22H26Cl2N2O3. The third-order valence-electron chi connectivity index (χ3n) is 5.10. The average molecular weight is 437 g/mol. The van der Waals surface area contributed by atoms with Crippen LogP contribution in [0.25, 0.3) is 0 Å². The standard InChI is InChI=1S/C22H26Cl2N2O3/c1-28-20-4-2-3-5-21(20)29-13-10-25-22(27)16-8-11-26(12-9-16)15-17-6-7-18(23)14-19(17)24/h2-7,14,16H,8-13,15H2,1H3,(H,25,27). The summed E-state index contributed by atoms with van der Waals surface area (Å²) in [5.74, 6) is 1.50. The molecule has 1 aliphatic rings. The second-order valence-electron chi connectivity index (χ2n) is 7.08. The number of halogens is 2. The summed E-state index contributed by atoms with van der Waals surface area (Å²) in [5, 5.41) is 4.31. The van der Waals surface area contributed by atoms with Gasteiger partial charge in [-0.1, -0.05) is 41.4 Å². The SMILES string of the molecule is COc1ccccc1OCCNC(=O)C1CCN(Cc2ccc(Cl)cc2Cl)CC1. The molecule has 2 aromatic carbocycles. The van der Waals surface area contributed by atoms with Gasteiger partial charge in [-0.05, 0) is 55.8 Å². The molecule has 1 aliphatic heterocycles. The number of nitrogens with zero attached hydrogens (tertiary/aromatic N) is 1. The number of piperidine rings is 1. The van der Waals surface area contributed by atoms with Crippen LogP contribution < -0.4 is 14.8 Å². The van der Waals surface area contributed by atoms with E-state index in [-0.39, 0.29) is 11.8 Å². The summed E-state index contributed by atoms with van der Waals surface area (Å²) in [7, 11) is 1.61. The number of methoxy groups -OCH3 is 1. The molecular weight excluding hydrogens is 411 g/mol. The highest BCUT2D eigenvalue weighted by Crippen LogP contribution is 2.26. The van der Waals surface area contributed by atoms with Crippen molar-refractivity contribution in [1.82, 2.24) is 10.2 Å². The maximum Gasteiger partial charge on any atom is 0.223 e. The van der Waals surface area contributed by atoms with Gasteiger partial charge in [-0.3, -0.25) is 9.69 Å². The molecule has 0 saturated carbocycles. The minimum atomic E-state index is 0.0400. The molecule has 7 heteroatoms. The highest BCUT2D eigenvalue weighted by molar-refractivity contribution is 6.35. The molecule has 3 rings (SSSR count). The number of rotatable bonds is 8. The van der Waals surface area contributed by atoms with Crippen molar-refractivity contribution in [2.45, 2.75) is 19.4 Å². The molecule has 0 spiro atoms. The van der Waals surface area contributed by atoms with Crippen molar-refractivity contribution in [2.75, 3.05) is 33.4 Å². The van der Waals surface area contributed by atoms with Crippen molar-refractivity contribution >= 4 is 29.1 Å². The number of nitrogens with one attached hydrogen (secondary N) is 1. The molecule has 0 radical (unpaired) electrons. The Labute approximate surface area is 181 Å². The Bertz CT molecular complexity index is 823. The number of carbonyl (C=O) groups excluding carboxylic acids is 1. The van der Waals surface area contributed by atoms with E-state index in [0.29, 0.717) is 34.7 Å². The Morgan fingerprint density at radius 1 is 1.14 bits per heavy atom. The number of carbonyl (C=O) groups is 1. The van der Waals surface area contributed by atoms with Crippen LogP contribution in [0.4, 0.5) is 0 Å². The first-order chi connectivity index (χ1) is 14.1. The van der Waals surface area contributed by atoms with E-state index in [1.165, 1.54) is 0 Å². The van der Waals surface area contributed by atoms with Gasteiger partial charge in [-0.15, -0.1) is 0 Å². The lowest BCUT2D eigenvalue weighted by atomic mass is 9.95. The van der Waals surface area contributed by atoms with Crippen molar-refractivity contribution in [3.63, 3.8) is 0 Å². The van der Waals surface area contributed by atoms with Gasteiger partial charge in [0.15, 0.2) is 11.5 Å². The maximum atomic E-state index is 12.4. The van der Waals surface area contributed by atoms with E-state index in [2.05, 4.69) is 10.2 Å². The van der Waals surface area contributed by atoms with Crippen molar-refractivity contribution in [2.24, 2.45) is 5.92 Å². The van der Waals surface area contributed by atoms with Crippen LogP contribution >= 0.6 is 23.2 Å². The Kier molecular flexibility index (Phi) is 8.04. The topological polar surface area (TPSA) is 50.8 Å². The second-order valence-corrected chi connectivity index (χ2v) is 7.92. The Morgan fingerprint density at radius 3 is 2.55 bits per heavy atom. The summed E-state index contributed by atoms with van der Waals surface area (Å²) in [6.07, 6.45) is 1.68. The molecule has 0 unspecified atom stereocenters. The Hall–Kier alpha value is -1.95. The molecule has 1 saturated heterocycles. The molecule has 0 atom stereocenters. The minimum absolute atomic E-state index is 0.0400. The maximum absolute atomic E-state index is 12.4. The molecule has 0 aliphatic carbocycles. The number of amides is 1. The third kappa shape index (κ3) is 6.26. The zero-order valence-electron chi connectivity index (χ0n) is 16.5. The van der Waals surface area contributed by atoms with Gasteiger partial charge in [0, 0.05) is 22.5 Å². The monoisotopic (exact) mass is 436 g/mol. The third-order valence-corrected chi connectivity index (χ3v) is 5.68. The van der Waals surface area contributed by atoms with Gasteiger partial charge < -0.3 is 14.8 Å². The van der Waals surface area contributed by atoms with E-state index in [9.17, 15) is 4.79 Å². The minimum Gasteiger partial charge on any atom is -0.493 e. The quantitative estimate of drug-likeness (QED) is 0.622. The van der Waals surface area contributed by atoms with Crippen LogP contribution in [0.2, 0.25) is 10.0 Å². The summed E-state index contributed by atoms with van der Waals surface area (Å²) in [4.78, 5) is 14.8. The largest absolute Gasteiger partial charge is 0.493 e. The summed E-state index contributed by atoms with van der Waals surface area (Å²) in [6, 6.07) is 13.1. The first-order valence-electron chi connectivity index (χ1n) is 9.76. The zero-order valence-corrected chi connectivity index (χ0v) is 18.0. The van der Waals surface area contributed by atoms with E-state index >= 15 is 0 Å². The van der Waals surface area contributed by atoms with E-state index in [1.807, 2.05) is 36.4 Å². The fourth-order valence-corrected chi connectivity index (χ4v) is 3.93. The van der Waals surface area contributed by atoms with Crippen molar-refractivity contribution < 1.29 is 14.3 Å². The number of benzene rings is 2. The zero-order chi connectivity index (χ0) is 20.6. The van der Waals surface area contributed by atoms with Crippen molar-refractivity contribution in [3.05, 3.63) is 58.1 Å². The molecule has 1 N–H and O–H groups in total. The summed E-state index contributed by atoms with van der Waals surface area (Å²) in [6.45, 7) is 3.39. The summed E-state index contributed by atoms with van der Waals surface area (Å²) >= 11 is 12.2. The first kappa shape index (κ1) is 21.8. The summed E-state index contributed by atoms with van der Waals surface area (Å²) < 4.78 is 11.0. The number of hydrogen-bond acceptors (Lipinski definition) is 4. The average Bonchev–Trinajstić information content (AvgIpc) is 2.74. The summed E-state index contributed by atoms with van der Waals surface area (Å²) in [5.41, 5.74) is 1.06. The second kappa shape index (κ2) is 10.7. The van der Waals surface area contributed by atoms with Gasteiger partial charge >= 0.3 is 0 Å². The van der Waals surface area contributed by atoms with Crippen LogP contribution in [0, 0.1) is 5.92 Å². The fourth-order valence-electron chi connectivity index (χ4n) is 3.46. The normalized spacial score (nSPS) is 15.1. The highest BCUT2D eigenvalue weighted by Gasteiger charge is 2.25. The lowest BCUT2D eigenvalue weighted by Gasteiger charge is -2.31. The number of para-hydroxylation sites is 2. The molecule has 0 aromatic heterocycles. The van der Waals surface area contributed by atoms with Crippen LogP contribution in [-0.4, -0.2) is 44.2 Å². The molecule has 1 amide bonds. The number of hydrogen-bond donors (Lipinski definition) is 1. The van der Waals surface area contributed by atoms with E-state index in [1.54, 1.807) is 13.2 Å². The smallest absolute Gasteiger partial charge is 0.223 e. The van der Waals surface area contributed by atoms with Gasteiger partial charge in [-0.25, -0.2) is 0 Å². The van der Waals surface area contributed by atoms with E-state index in [4.69, 9.17) is 32.7 Å². The van der Waals surface area contributed by atoms with Crippen molar-refractivity contribution in [3.8, 4) is 11.5 Å². The van der Waals surface area contributed by atoms with E-state index in [0.717, 1.165) is 38.0 Å². The van der Waals surface area contributed by atoms with Gasteiger partial charge in [0.25, 0.3) is 0 Å². The number of ether oxygens (including phenoxy) is 2. The molecule has 2 aromatic rings. The number of likely N-dealkylation sites (tertiary alicyclic amines) is 1. The van der Waals surface area contributed by atoms with Gasteiger partial charge in [-0.2, -0.15) is 0 Å². The predicted octanol–water partition coefficient (Wildman–Crippen LogP) is 4.41. The van der Waals surface area contributed by atoms with Gasteiger partial charge in [0.2, 0.25) is 5.91 Å². The van der Waals surface area contributed by atoms with Crippen LogP contribution in [0.1, 0.15) is 18.4 Å². The fraction of sp³-hybridized carbons (Fsp3) is 0.409. The molecule has 29 heavy (non-hydrogen) atoms. The van der Waals surface area contributed by atoms with Crippen LogP contribution in [0.5, 0.6) is 11.5 Å². The van der Waals surface area contributed by atoms with Crippen LogP contribution in [0.3, 0.4) is 0 Å². The highest BCUT2D eigenvalue weighted by atomic mass is 35.5. The molecule has 156 valence electrons. The molecule has 5 nitrogen and oxygen atoms in total. The van der Waals surface area contributed by atoms with E-state index < -0.39 is 0 Å². The van der Waals surface area contributed by atoms with Crippen LogP contribution in [0.15, 0.2) is 42.5 Å².